The monoisotopic (exact) mass is 261 g/mol. The molecule has 0 aliphatic carbocycles. The van der Waals surface area contributed by atoms with E-state index in [-0.39, 0.29) is 0 Å². The van der Waals surface area contributed by atoms with Crippen molar-refractivity contribution in [2.75, 3.05) is 13.2 Å². The van der Waals surface area contributed by atoms with Crippen molar-refractivity contribution < 1.29 is 4.74 Å². The normalized spacial score (nSPS) is 10.9. The quantitative estimate of drug-likeness (QED) is 0.763. The highest BCUT2D eigenvalue weighted by molar-refractivity contribution is 7.19. The van der Waals surface area contributed by atoms with Gasteiger partial charge in [-0.2, -0.15) is 9.61 Å². The van der Waals surface area contributed by atoms with Gasteiger partial charge in [0.25, 0.3) is 0 Å². The molecule has 3 rings (SSSR count). The molecule has 0 saturated carbocycles. The first-order valence-electron chi connectivity index (χ1n) is 5.47. The van der Waals surface area contributed by atoms with Crippen LogP contribution in [0.3, 0.4) is 0 Å². The zero-order chi connectivity index (χ0) is 12.4. The highest BCUT2D eigenvalue weighted by atomic mass is 32.1. The first-order valence-corrected chi connectivity index (χ1v) is 6.28. The summed E-state index contributed by atoms with van der Waals surface area (Å²) in [6.07, 6.45) is 1.59. The molecule has 18 heavy (non-hydrogen) atoms. The van der Waals surface area contributed by atoms with Crippen LogP contribution in [-0.2, 0) is 0 Å². The van der Waals surface area contributed by atoms with E-state index in [4.69, 9.17) is 10.5 Å². The van der Waals surface area contributed by atoms with Gasteiger partial charge in [-0.3, -0.25) is 0 Å². The second kappa shape index (κ2) is 4.71. The van der Waals surface area contributed by atoms with Crippen LogP contribution in [0.2, 0.25) is 0 Å². The van der Waals surface area contributed by atoms with Gasteiger partial charge in [0.05, 0.1) is 0 Å². The summed E-state index contributed by atoms with van der Waals surface area (Å²) < 4.78 is 7.09. The number of hydrogen-bond donors (Lipinski definition) is 1. The van der Waals surface area contributed by atoms with E-state index in [9.17, 15) is 0 Å². The van der Waals surface area contributed by atoms with Crippen molar-refractivity contribution in [1.29, 1.82) is 0 Å². The number of ether oxygens (including phenoxy) is 1. The molecular weight excluding hydrogens is 250 g/mol. The van der Waals surface area contributed by atoms with Crippen molar-refractivity contribution in [2.24, 2.45) is 5.73 Å². The van der Waals surface area contributed by atoms with E-state index in [2.05, 4.69) is 15.3 Å². The molecule has 0 saturated heterocycles. The van der Waals surface area contributed by atoms with Gasteiger partial charge in [0.15, 0.2) is 0 Å². The lowest BCUT2D eigenvalue weighted by Crippen LogP contribution is -2.10. The summed E-state index contributed by atoms with van der Waals surface area (Å²) in [5.74, 6) is 0.812. The third-order valence-electron chi connectivity index (χ3n) is 2.37. The Morgan fingerprint density at radius 3 is 2.83 bits per heavy atom. The minimum Gasteiger partial charge on any atom is -0.492 e. The van der Waals surface area contributed by atoms with Gasteiger partial charge in [0.2, 0.25) is 4.96 Å². The average Bonchev–Trinajstić information content (AvgIpc) is 2.97. The highest BCUT2D eigenvalue weighted by Crippen LogP contribution is 2.26. The maximum absolute atomic E-state index is 5.42. The Labute approximate surface area is 107 Å². The van der Waals surface area contributed by atoms with Crippen molar-refractivity contribution in [3.8, 4) is 16.3 Å². The molecule has 0 unspecified atom stereocenters. The maximum atomic E-state index is 5.42. The van der Waals surface area contributed by atoms with Crippen molar-refractivity contribution in [2.45, 2.75) is 0 Å². The van der Waals surface area contributed by atoms with Crippen molar-refractivity contribution in [1.82, 2.24) is 19.8 Å². The zero-order valence-corrected chi connectivity index (χ0v) is 10.3. The number of benzene rings is 1. The molecule has 7 heteroatoms. The molecule has 0 atom stereocenters. The van der Waals surface area contributed by atoms with Crippen LogP contribution < -0.4 is 10.5 Å². The van der Waals surface area contributed by atoms with Gasteiger partial charge in [-0.25, -0.2) is 0 Å². The van der Waals surface area contributed by atoms with Crippen LogP contribution >= 0.6 is 11.3 Å². The lowest BCUT2D eigenvalue weighted by Gasteiger charge is -2.04. The molecule has 0 radical (unpaired) electrons. The van der Waals surface area contributed by atoms with Crippen molar-refractivity contribution in [3.63, 3.8) is 0 Å². The Bertz CT molecular complexity index is 616. The minimum absolute atomic E-state index is 0.512. The fourth-order valence-corrected chi connectivity index (χ4v) is 2.37. The summed E-state index contributed by atoms with van der Waals surface area (Å²) in [7, 11) is 0. The van der Waals surface area contributed by atoms with Gasteiger partial charge in [-0.15, -0.1) is 10.2 Å². The summed E-state index contributed by atoms with van der Waals surface area (Å²) in [6, 6.07) is 7.76. The van der Waals surface area contributed by atoms with E-state index >= 15 is 0 Å². The Kier molecular flexibility index (Phi) is 2.91. The van der Waals surface area contributed by atoms with Gasteiger partial charge < -0.3 is 10.5 Å². The number of fused-ring (bicyclic) bond motifs is 1. The summed E-state index contributed by atoms with van der Waals surface area (Å²) in [5, 5.41) is 13.0. The van der Waals surface area contributed by atoms with Crippen LogP contribution in [0, 0.1) is 0 Å². The lowest BCUT2D eigenvalue weighted by molar-refractivity contribution is 0.328. The molecule has 6 nitrogen and oxygen atoms in total. The molecule has 92 valence electrons. The third-order valence-corrected chi connectivity index (χ3v) is 3.34. The van der Waals surface area contributed by atoms with Crippen molar-refractivity contribution >= 4 is 16.3 Å². The molecule has 2 N–H and O–H groups in total. The van der Waals surface area contributed by atoms with Crippen LogP contribution in [0.15, 0.2) is 30.6 Å². The number of nitrogens with zero attached hydrogens (tertiary/aromatic N) is 4. The predicted octanol–water partition coefficient (Wildman–Crippen LogP) is 1.19. The molecule has 1 aromatic carbocycles. The third kappa shape index (κ3) is 2.05. The van der Waals surface area contributed by atoms with Crippen LogP contribution in [0.1, 0.15) is 0 Å². The van der Waals surface area contributed by atoms with Crippen molar-refractivity contribution in [3.05, 3.63) is 30.6 Å². The van der Waals surface area contributed by atoms with Crippen LogP contribution in [-0.4, -0.2) is 33.0 Å². The average molecular weight is 261 g/mol. The first-order chi connectivity index (χ1) is 8.86. The molecule has 0 spiro atoms. The fourth-order valence-electron chi connectivity index (χ4n) is 1.55. The van der Waals surface area contributed by atoms with Gasteiger partial charge in [0, 0.05) is 12.1 Å². The number of rotatable bonds is 4. The molecule has 0 amide bonds. The highest BCUT2D eigenvalue weighted by Gasteiger charge is 2.07. The largest absolute Gasteiger partial charge is 0.492 e. The van der Waals surface area contributed by atoms with Crippen LogP contribution in [0.4, 0.5) is 0 Å². The van der Waals surface area contributed by atoms with E-state index in [1.165, 1.54) is 11.3 Å². The number of nitrogens with two attached hydrogens (primary N) is 1. The van der Waals surface area contributed by atoms with Gasteiger partial charge >= 0.3 is 0 Å². The number of hydrogen-bond acceptors (Lipinski definition) is 6. The Hall–Kier alpha value is -1.99. The molecule has 0 aliphatic rings. The van der Waals surface area contributed by atoms with E-state index < -0.39 is 0 Å². The second-order valence-electron chi connectivity index (χ2n) is 3.63. The summed E-state index contributed by atoms with van der Waals surface area (Å²) in [6.45, 7) is 1.04. The summed E-state index contributed by atoms with van der Waals surface area (Å²) in [5.41, 5.74) is 6.41. The van der Waals surface area contributed by atoms with Crippen LogP contribution in [0.5, 0.6) is 5.75 Å². The van der Waals surface area contributed by atoms with E-state index in [0.717, 1.165) is 21.3 Å². The van der Waals surface area contributed by atoms with Crippen LogP contribution in [0.25, 0.3) is 15.5 Å². The SMILES string of the molecule is NCCOc1ccc(-c2nn3cnnc3s2)cc1. The molecule has 0 bridgehead atoms. The topological polar surface area (TPSA) is 78.3 Å². The maximum Gasteiger partial charge on any atom is 0.234 e. The van der Waals surface area contributed by atoms with E-state index in [1.807, 2.05) is 24.3 Å². The first kappa shape index (κ1) is 11.1. The standard InChI is InChI=1S/C11H11N5OS/c12-5-6-17-9-3-1-8(2-4-9)10-15-16-7-13-14-11(16)18-10/h1-4,7H,5-6,12H2. The molecular formula is C11H11N5OS. The zero-order valence-electron chi connectivity index (χ0n) is 9.48. The van der Waals surface area contributed by atoms with E-state index in [1.54, 1.807) is 10.8 Å². The predicted molar refractivity (Wildman–Crippen MR) is 68.6 cm³/mol. The molecule has 0 fully saturated rings. The fraction of sp³-hybridized carbons (Fsp3) is 0.182. The Morgan fingerprint density at radius 1 is 1.28 bits per heavy atom. The van der Waals surface area contributed by atoms with Gasteiger partial charge in [-0.05, 0) is 24.3 Å². The Morgan fingerprint density at radius 2 is 2.11 bits per heavy atom. The minimum atomic E-state index is 0.512. The molecule has 2 aromatic heterocycles. The van der Waals surface area contributed by atoms with Gasteiger partial charge in [0.1, 0.15) is 23.7 Å². The second-order valence-corrected chi connectivity index (χ2v) is 4.58. The summed E-state index contributed by atoms with van der Waals surface area (Å²) in [4.78, 5) is 0.786. The van der Waals surface area contributed by atoms with Gasteiger partial charge in [-0.1, -0.05) is 11.3 Å². The smallest absolute Gasteiger partial charge is 0.234 e. The molecule has 2 heterocycles. The van der Waals surface area contributed by atoms with E-state index in [0.29, 0.717) is 13.2 Å². The summed E-state index contributed by atoms with van der Waals surface area (Å²) >= 11 is 1.50. The lowest BCUT2D eigenvalue weighted by atomic mass is 10.2. The molecule has 3 aromatic rings. The number of aromatic nitrogens is 4. The molecule has 0 aliphatic heterocycles. The Balaban J connectivity index is 1.85.